The van der Waals surface area contributed by atoms with Gasteiger partial charge in [-0.15, -0.1) is 11.3 Å². The Labute approximate surface area is 156 Å². The molecule has 0 radical (unpaired) electrons. The Morgan fingerprint density at radius 3 is 2.65 bits per heavy atom. The fraction of sp³-hybridized carbons (Fsp3) is 0.143. The SMILES string of the molecule is Cc1cccc(N[C@H](c2ccc(C)s2)c2ccc3cccnc3c2O)n1. The van der Waals surface area contributed by atoms with Crippen LogP contribution in [0.15, 0.2) is 60.8 Å². The minimum absolute atomic E-state index is 0.200. The summed E-state index contributed by atoms with van der Waals surface area (Å²) in [4.78, 5) is 11.3. The topological polar surface area (TPSA) is 58.0 Å². The van der Waals surface area contributed by atoms with Crippen molar-refractivity contribution >= 4 is 28.1 Å². The van der Waals surface area contributed by atoms with E-state index in [0.29, 0.717) is 5.52 Å². The highest BCUT2D eigenvalue weighted by Gasteiger charge is 2.21. The average molecular weight is 361 g/mol. The number of anilines is 1. The van der Waals surface area contributed by atoms with Crippen LogP contribution in [0.2, 0.25) is 0 Å². The van der Waals surface area contributed by atoms with Crippen molar-refractivity contribution in [1.82, 2.24) is 9.97 Å². The third kappa shape index (κ3) is 3.13. The number of fused-ring (bicyclic) bond motifs is 1. The normalized spacial score (nSPS) is 12.2. The van der Waals surface area contributed by atoms with Gasteiger partial charge in [-0.3, -0.25) is 4.98 Å². The molecule has 1 aromatic carbocycles. The molecule has 0 unspecified atom stereocenters. The second kappa shape index (κ2) is 6.77. The summed E-state index contributed by atoms with van der Waals surface area (Å²) in [6.45, 7) is 4.05. The Hall–Kier alpha value is -2.92. The maximum atomic E-state index is 10.9. The van der Waals surface area contributed by atoms with E-state index in [-0.39, 0.29) is 11.8 Å². The van der Waals surface area contributed by atoms with E-state index >= 15 is 0 Å². The third-order valence-corrected chi connectivity index (χ3v) is 5.38. The van der Waals surface area contributed by atoms with Crippen LogP contribution in [-0.4, -0.2) is 15.1 Å². The maximum absolute atomic E-state index is 10.9. The smallest absolute Gasteiger partial charge is 0.147 e. The van der Waals surface area contributed by atoms with Gasteiger partial charge in [0.25, 0.3) is 0 Å². The number of aromatic nitrogens is 2. The number of nitrogens with one attached hydrogen (secondary N) is 1. The van der Waals surface area contributed by atoms with Gasteiger partial charge in [0, 0.05) is 32.6 Å². The first kappa shape index (κ1) is 16.5. The van der Waals surface area contributed by atoms with Crippen molar-refractivity contribution in [1.29, 1.82) is 0 Å². The second-order valence-corrected chi connectivity index (χ2v) is 7.59. The predicted octanol–water partition coefficient (Wildman–Crippen LogP) is 5.22. The van der Waals surface area contributed by atoms with Gasteiger partial charge in [-0.2, -0.15) is 0 Å². The van der Waals surface area contributed by atoms with Crippen molar-refractivity contribution in [2.75, 3.05) is 5.32 Å². The minimum atomic E-state index is -0.200. The van der Waals surface area contributed by atoms with Crippen molar-refractivity contribution in [2.45, 2.75) is 19.9 Å². The van der Waals surface area contributed by atoms with Crippen molar-refractivity contribution in [2.24, 2.45) is 0 Å². The molecule has 0 amide bonds. The monoisotopic (exact) mass is 361 g/mol. The van der Waals surface area contributed by atoms with Crippen LogP contribution in [-0.2, 0) is 0 Å². The second-order valence-electron chi connectivity index (χ2n) is 6.27. The van der Waals surface area contributed by atoms with Gasteiger partial charge in [0.05, 0.1) is 6.04 Å². The van der Waals surface area contributed by atoms with Crippen LogP contribution < -0.4 is 5.32 Å². The number of aryl methyl sites for hydroxylation is 2. The molecule has 0 aliphatic carbocycles. The summed E-state index contributed by atoms with van der Waals surface area (Å²) in [5.41, 5.74) is 2.35. The summed E-state index contributed by atoms with van der Waals surface area (Å²) in [5, 5.41) is 15.3. The lowest BCUT2D eigenvalue weighted by Crippen LogP contribution is -2.12. The van der Waals surface area contributed by atoms with Gasteiger partial charge >= 0.3 is 0 Å². The fourth-order valence-electron chi connectivity index (χ4n) is 3.06. The van der Waals surface area contributed by atoms with E-state index in [9.17, 15) is 5.11 Å². The molecule has 5 heteroatoms. The highest BCUT2D eigenvalue weighted by Crippen LogP contribution is 2.38. The molecule has 130 valence electrons. The Morgan fingerprint density at radius 2 is 1.88 bits per heavy atom. The third-order valence-electron chi connectivity index (χ3n) is 4.32. The summed E-state index contributed by atoms with van der Waals surface area (Å²) in [7, 11) is 0. The lowest BCUT2D eigenvalue weighted by molar-refractivity contribution is 0.472. The summed E-state index contributed by atoms with van der Waals surface area (Å²) < 4.78 is 0. The van der Waals surface area contributed by atoms with Gasteiger partial charge < -0.3 is 10.4 Å². The first-order valence-corrected chi connectivity index (χ1v) is 9.26. The zero-order valence-corrected chi connectivity index (χ0v) is 15.4. The molecule has 26 heavy (non-hydrogen) atoms. The van der Waals surface area contributed by atoms with E-state index in [0.717, 1.165) is 27.3 Å². The molecule has 0 saturated heterocycles. The highest BCUT2D eigenvalue weighted by atomic mass is 32.1. The van der Waals surface area contributed by atoms with E-state index < -0.39 is 0 Å². The molecule has 1 atom stereocenters. The molecule has 0 aliphatic rings. The molecule has 4 rings (SSSR count). The van der Waals surface area contributed by atoms with Crippen molar-refractivity contribution in [3.63, 3.8) is 0 Å². The summed E-state index contributed by atoms with van der Waals surface area (Å²) in [5.74, 6) is 0.987. The van der Waals surface area contributed by atoms with Crippen molar-refractivity contribution in [3.8, 4) is 5.75 Å². The Kier molecular flexibility index (Phi) is 4.31. The molecular formula is C21H19N3OS. The summed E-state index contributed by atoms with van der Waals surface area (Å²) in [6.07, 6.45) is 1.70. The molecule has 0 bridgehead atoms. The van der Waals surface area contributed by atoms with Crippen LogP contribution in [0.5, 0.6) is 5.75 Å². The van der Waals surface area contributed by atoms with Crippen LogP contribution in [0.4, 0.5) is 5.82 Å². The molecule has 2 N–H and O–H groups in total. The molecule has 4 aromatic rings. The van der Waals surface area contributed by atoms with Crippen LogP contribution in [0, 0.1) is 13.8 Å². The number of aromatic hydroxyl groups is 1. The molecular weight excluding hydrogens is 342 g/mol. The van der Waals surface area contributed by atoms with Gasteiger partial charge in [-0.05, 0) is 44.2 Å². The maximum Gasteiger partial charge on any atom is 0.147 e. The Bertz CT molecular complexity index is 1070. The molecule has 3 aromatic heterocycles. The lowest BCUT2D eigenvalue weighted by Gasteiger charge is -2.20. The average Bonchev–Trinajstić information content (AvgIpc) is 3.07. The molecule has 0 spiro atoms. The van der Waals surface area contributed by atoms with Crippen molar-refractivity contribution in [3.05, 3.63) is 81.8 Å². The quantitative estimate of drug-likeness (QED) is 0.523. The van der Waals surface area contributed by atoms with Crippen LogP contribution in [0.25, 0.3) is 10.9 Å². The van der Waals surface area contributed by atoms with E-state index in [1.54, 1.807) is 17.5 Å². The summed E-state index contributed by atoms with van der Waals surface area (Å²) >= 11 is 1.71. The first-order chi connectivity index (χ1) is 12.6. The highest BCUT2D eigenvalue weighted by molar-refractivity contribution is 7.12. The van der Waals surface area contributed by atoms with Gasteiger partial charge in [0.1, 0.15) is 17.1 Å². The van der Waals surface area contributed by atoms with Crippen LogP contribution in [0.1, 0.15) is 27.1 Å². The number of phenolic OH excluding ortho intramolecular Hbond substituents is 1. The largest absolute Gasteiger partial charge is 0.505 e. The molecule has 0 saturated carbocycles. The number of thiophene rings is 1. The lowest BCUT2D eigenvalue weighted by atomic mass is 10.0. The Balaban J connectivity index is 1.84. The molecule has 3 heterocycles. The molecule has 0 fully saturated rings. The molecule has 4 nitrogen and oxygen atoms in total. The van der Waals surface area contributed by atoms with E-state index in [1.165, 1.54) is 4.88 Å². The van der Waals surface area contributed by atoms with Gasteiger partial charge in [0.15, 0.2) is 0 Å². The number of pyridine rings is 2. The first-order valence-electron chi connectivity index (χ1n) is 8.45. The predicted molar refractivity (Wildman–Crippen MR) is 107 cm³/mol. The van der Waals surface area contributed by atoms with E-state index in [1.807, 2.05) is 49.4 Å². The number of hydrogen-bond donors (Lipinski definition) is 2. The number of hydrogen-bond acceptors (Lipinski definition) is 5. The van der Waals surface area contributed by atoms with Gasteiger partial charge in [0.2, 0.25) is 0 Å². The fourth-order valence-corrected chi connectivity index (χ4v) is 4.01. The standard InChI is InChI=1S/C21H19N3OS/c1-13-5-3-7-18(23-13)24-20(17-11-8-14(2)26-17)16-10-9-15-6-4-12-22-19(15)21(16)25/h3-12,20,25H,1-2H3,(H,23,24)/t20-/m0/s1. The zero-order valence-electron chi connectivity index (χ0n) is 14.6. The van der Waals surface area contributed by atoms with Crippen LogP contribution in [0.3, 0.4) is 0 Å². The minimum Gasteiger partial charge on any atom is -0.505 e. The van der Waals surface area contributed by atoms with E-state index in [2.05, 4.69) is 34.3 Å². The number of phenols is 1. The van der Waals surface area contributed by atoms with Gasteiger partial charge in [-0.25, -0.2) is 4.98 Å². The number of nitrogens with zero attached hydrogens (tertiary/aromatic N) is 2. The van der Waals surface area contributed by atoms with Crippen LogP contribution >= 0.6 is 11.3 Å². The number of benzene rings is 1. The molecule has 0 aliphatic heterocycles. The zero-order chi connectivity index (χ0) is 18.1. The summed E-state index contributed by atoms with van der Waals surface area (Å²) in [6, 6.07) is 17.6. The van der Waals surface area contributed by atoms with Crippen molar-refractivity contribution < 1.29 is 5.11 Å². The Morgan fingerprint density at radius 1 is 1.00 bits per heavy atom. The van der Waals surface area contributed by atoms with E-state index in [4.69, 9.17) is 0 Å². The van der Waals surface area contributed by atoms with Gasteiger partial charge in [-0.1, -0.05) is 24.3 Å². The number of rotatable bonds is 4.